The second-order valence-electron chi connectivity index (χ2n) is 7.13. The standard InChI is InChI=1S/C21H30FN5O2/c1-2-11-24-21(23)26-20(25-15-28)17-9-13-27(14-10-17)12-3-4-19(29)16-5-7-18(22)8-6-16/h2,5-8,15,17,20H,1,3-4,9-14H2,(H,25,28)(H3,23,24,26). The summed E-state index contributed by atoms with van der Waals surface area (Å²) in [4.78, 5) is 29.5. The molecule has 1 fully saturated rings. The number of likely N-dealkylation sites (tertiary alicyclic amines) is 1. The van der Waals surface area contributed by atoms with E-state index in [4.69, 9.17) is 5.73 Å². The maximum atomic E-state index is 12.9. The molecule has 29 heavy (non-hydrogen) atoms. The zero-order valence-electron chi connectivity index (χ0n) is 16.6. The van der Waals surface area contributed by atoms with E-state index in [1.54, 1.807) is 6.08 Å². The number of halogens is 1. The molecule has 158 valence electrons. The first-order chi connectivity index (χ1) is 14.0. The van der Waals surface area contributed by atoms with Crippen molar-refractivity contribution in [1.29, 1.82) is 0 Å². The molecule has 0 bridgehead atoms. The van der Waals surface area contributed by atoms with E-state index in [1.165, 1.54) is 24.3 Å². The Balaban J connectivity index is 1.74. The Labute approximate surface area is 171 Å². The van der Waals surface area contributed by atoms with Gasteiger partial charge in [0.15, 0.2) is 11.7 Å². The van der Waals surface area contributed by atoms with Crippen LogP contribution in [-0.4, -0.2) is 55.4 Å². The van der Waals surface area contributed by atoms with Gasteiger partial charge in [0.05, 0.1) is 6.54 Å². The number of carbonyl (C=O) groups excluding carboxylic acids is 2. The maximum absolute atomic E-state index is 12.9. The van der Waals surface area contributed by atoms with Gasteiger partial charge in [0, 0.05) is 17.9 Å². The maximum Gasteiger partial charge on any atom is 0.208 e. The summed E-state index contributed by atoms with van der Waals surface area (Å²) in [7, 11) is 0. The highest BCUT2D eigenvalue weighted by Crippen LogP contribution is 2.20. The highest BCUT2D eigenvalue weighted by atomic mass is 19.1. The van der Waals surface area contributed by atoms with Gasteiger partial charge in [-0.2, -0.15) is 0 Å². The fourth-order valence-electron chi connectivity index (χ4n) is 3.49. The predicted molar refractivity (Wildman–Crippen MR) is 112 cm³/mol. The van der Waals surface area contributed by atoms with Gasteiger partial charge in [0.1, 0.15) is 12.0 Å². The van der Waals surface area contributed by atoms with Gasteiger partial charge in [-0.05, 0) is 63.2 Å². The highest BCUT2D eigenvalue weighted by molar-refractivity contribution is 5.95. The quantitative estimate of drug-likeness (QED) is 0.130. The van der Waals surface area contributed by atoms with Crippen LogP contribution in [0.1, 0.15) is 36.0 Å². The van der Waals surface area contributed by atoms with Gasteiger partial charge in [-0.15, -0.1) is 6.58 Å². The number of nitrogens with two attached hydrogens (primary N) is 1. The number of ketones is 1. The Morgan fingerprint density at radius 2 is 2.03 bits per heavy atom. The van der Waals surface area contributed by atoms with E-state index in [1.807, 2.05) is 0 Å². The van der Waals surface area contributed by atoms with Crippen molar-refractivity contribution in [2.75, 3.05) is 26.2 Å². The van der Waals surface area contributed by atoms with Crippen LogP contribution in [0.25, 0.3) is 0 Å². The molecule has 1 heterocycles. The Kier molecular flexibility index (Phi) is 9.30. The third-order valence-corrected chi connectivity index (χ3v) is 5.09. The van der Waals surface area contributed by atoms with Gasteiger partial charge in [0.2, 0.25) is 6.41 Å². The molecule has 1 aliphatic rings. The molecule has 0 radical (unpaired) electrons. The number of Topliss-reactive ketones (excluding diaryl/α,β-unsaturated/α-hetero) is 1. The molecule has 7 nitrogen and oxygen atoms in total. The lowest BCUT2D eigenvalue weighted by Gasteiger charge is -2.36. The van der Waals surface area contributed by atoms with Crippen molar-refractivity contribution in [1.82, 2.24) is 15.5 Å². The van der Waals surface area contributed by atoms with E-state index in [0.717, 1.165) is 38.9 Å². The number of rotatable bonds is 11. The van der Waals surface area contributed by atoms with Crippen LogP contribution in [-0.2, 0) is 4.79 Å². The van der Waals surface area contributed by atoms with Crippen LogP contribution in [0.2, 0.25) is 0 Å². The molecular formula is C21H30FN5O2. The summed E-state index contributed by atoms with van der Waals surface area (Å²) in [6.07, 6.45) is 5.07. The van der Waals surface area contributed by atoms with E-state index < -0.39 is 0 Å². The van der Waals surface area contributed by atoms with Crippen molar-refractivity contribution < 1.29 is 14.0 Å². The molecule has 8 heteroatoms. The van der Waals surface area contributed by atoms with Crippen molar-refractivity contribution in [3.8, 4) is 0 Å². The van der Waals surface area contributed by atoms with E-state index in [2.05, 4.69) is 27.1 Å². The molecule has 1 aliphatic heterocycles. The molecule has 1 atom stereocenters. The average molecular weight is 404 g/mol. The lowest BCUT2D eigenvalue weighted by atomic mass is 9.93. The van der Waals surface area contributed by atoms with Crippen LogP contribution < -0.4 is 16.4 Å². The first kappa shape index (κ1) is 22.5. The topological polar surface area (TPSA) is 99.8 Å². The predicted octanol–water partition coefficient (Wildman–Crippen LogP) is 1.66. The molecule has 2 rings (SSSR count). The van der Waals surface area contributed by atoms with Gasteiger partial charge >= 0.3 is 0 Å². The Hall–Kier alpha value is -2.74. The Bertz CT molecular complexity index is 700. The van der Waals surface area contributed by atoms with Crippen LogP contribution in [0, 0.1) is 11.7 Å². The molecule has 4 N–H and O–H groups in total. The molecule has 1 saturated heterocycles. The van der Waals surface area contributed by atoms with Gasteiger partial charge in [-0.1, -0.05) is 6.08 Å². The SMILES string of the molecule is C=CCN=C(N)NC(NC=O)C1CCN(CCCC(=O)c2ccc(F)cc2)CC1. The second kappa shape index (κ2) is 12.0. The molecule has 1 unspecified atom stereocenters. The number of aliphatic imine (C=N–C) groups is 1. The smallest absolute Gasteiger partial charge is 0.208 e. The van der Waals surface area contributed by atoms with E-state index in [0.29, 0.717) is 24.9 Å². The summed E-state index contributed by atoms with van der Waals surface area (Å²) in [5, 5.41) is 5.85. The minimum atomic E-state index is -0.338. The first-order valence-corrected chi connectivity index (χ1v) is 9.91. The minimum Gasteiger partial charge on any atom is -0.370 e. The van der Waals surface area contributed by atoms with Gasteiger partial charge in [0.25, 0.3) is 0 Å². The van der Waals surface area contributed by atoms with Crippen molar-refractivity contribution in [2.45, 2.75) is 31.8 Å². The van der Waals surface area contributed by atoms with E-state index in [-0.39, 0.29) is 29.6 Å². The van der Waals surface area contributed by atoms with Crippen molar-refractivity contribution >= 4 is 18.2 Å². The summed E-state index contributed by atoms with van der Waals surface area (Å²) in [5.41, 5.74) is 6.40. The van der Waals surface area contributed by atoms with Crippen LogP contribution in [0.5, 0.6) is 0 Å². The summed E-state index contributed by atoms with van der Waals surface area (Å²) < 4.78 is 12.9. The lowest BCUT2D eigenvalue weighted by Crippen LogP contribution is -2.54. The number of guanidine groups is 1. The first-order valence-electron chi connectivity index (χ1n) is 9.91. The van der Waals surface area contributed by atoms with Gasteiger partial charge in [-0.25, -0.2) is 9.38 Å². The number of nitrogens with zero attached hydrogens (tertiary/aromatic N) is 2. The van der Waals surface area contributed by atoms with Crippen LogP contribution in [0.15, 0.2) is 41.9 Å². The summed E-state index contributed by atoms with van der Waals surface area (Å²) >= 11 is 0. The second-order valence-corrected chi connectivity index (χ2v) is 7.13. The zero-order valence-corrected chi connectivity index (χ0v) is 16.6. The zero-order chi connectivity index (χ0) is 21.1. The third kappa shape index (κ3) is 7.65. The fourth-order valence-corrected chi connectivity index (χ4v) is 3.49. The average Bonchev–Trinajstić information content (AvgIpc) is 2.73. The Morgan fingerprint density at radius 3 is 2.66 bits per heavy atom. The highest BCUT2D eigenvalue weighted by Gasteiger charge is 2.26. The lowest BCUT2D eigenvalue weighted by molar-refractivity contribution is -0.110. The number of benzene rings is 1. The van der Waals surface area contributed by atoms with Gasteiger partial charge < -0.3 is 21.3 Å². The number of nitrogens with one attached hydrogen (secondary N) is 2. The molecule has 1 aromatic carbocycles. The van der Waals surface area contributed by atoms with Crippen molar-refractivity contribution in [2.24, 2.45) is 16.6 Å². The summed E-state index contributed by atoms with van der Waals surface area (Å²) in [5.74, 6) is 0.226. The normalized spacial score (nSPS) is 16.8. The van der Waals surface area contributed by atoms with Crippen molar-refractivity contribution in [3.05, 3.63) is 48.3 Å². The molecule has 0 saturated carbocycles. The summed E-state index contributed by atoms with van der Waals surface area (Å²) in [6.45, 7) is 6.63. The monoisotopic (exact) mass is 403 g/mol. The largest absolute Gasteiger partial charge is 0.370 e. The number of hydrogen-bond acceptors (Lipinski definition) is 4. The molecule has 0 aromatic heterocycles. The number of amides is 1. The summed E-state index contributed by atoms with van der Waals surface area (Å²) in [6, 6.07) is 5.68. The van der Waals surface area contributed by atoms with E-state index in [9.17, 15) is 14.0 Å². The Morgan fingerprint density at radius 1 is 1.34 bits per heavy atom. The van der Waals surface area contributed by atoms with Crippen molar-refractivity contribution in [3.63, 3.8) is 0 Å². The minimum absolute atomic E-state index is 0.0358. The third-order valence-electron chi connectivity index (χ3n) is 5.09. The number of hydrogen-bond donors (Lipinski definition) is 3. The molecular weight excluding hydrogens is 373 g/mol. The van der Waals surface area contributed by atoms with Crippen LogP contribution in [0.3, 0.4) is 0 Å². The van der Waals surface area contributed by atoms with Crippen LogP contribution >= 0.6 is 0 Å². The molecule has 0 aliphatic carbocycles. The van der Waals surface area contributed by atoms with Gasteiger partial charge in [-0.3, -0.25) is 9.59 Å². The number of piperidine rings is 1. The molecule has 1 aromatic rings. The number of carbonyl (C=O) groups is 2. The molecule has 0 spiro atoms. The fraction of sp³-hybridized carbons (Fsp3) is 0.476. The van der Waals surface area contributed by atoms with E-state index >= 15 is 0 Å². The van der Waals surface area contributed by atoms with Crippen LogP contribution in [0.4, 0.5) is 4.39 Å². The molecule has 1 amide bonds.